The number of aromatic nitrogens is 2. The molecule has 3 nitrogen and oxygen atoms in total. The summed E-state index contributed by atoms with van der Waals surface area (Å²) in [5.41, 5.74) is 8.76. The van der Waals surface area contributed by atoms with Gasteiger partial charge in [0, 0.05) is 16.7 Å². The first-order chi connectivity index (χ1) is 6.74. The van der Waals surface area contributed by atoms with Crippen molar-refractivity contribution in [2.24, 2.45) is 5.92 Å². The highest BCUT2D eigenvalue weighted by Gasteiger charge is 2.57. The topological polar surface area (TPSA) is 54.7 Å². The van der Waals surface area contributed by atoms with Crippen molar-refractivity contribution in [3.63, 3.8) is 0 Å². The number of aromatic amines is 1. The summed E-state index contributed by atoms with van der Waals surface area (Å²) in [5.74, 6) is 1.60. The van der Waals surface area contributed by atoms with E-state index in [0.717, 1.165) is 5.92 Å². The lowest BCUT2D eigenvalue weighted by Crippen LogP contribution is -2.16. The minimum absolute atomic E-state index is 0.451. The number of nitrogens with two attached hydrogens (primary N) is 1. The summed E-state index contributed by atoms with van der Waals surface area (Å²) >= 11 is 0. The van der Waals surface area contributed by atoms with E-state index < -0.39 is 0 Å². The Morgan fingerprint density at radius 2 is 2.36 bits per heavy atom. The number of nitrogens with zero attached hydrogens (tertiary/aromatic N) is 1. The number of nitrogens with one attached hydrogen (secondary N) is 1. The van der Waals surface area contributed by atoms with E-state index in [0.29, 0.717) is 11.2 Å². The predicted molar refractivity (Wildman–Crippen MR) is 56.0 cm³/mol. The second-order valence-electron chi connectivity index (χ2n) is 4.91. The number of rotatable bonds is 1. The first-order valence-corrected chi connectivity index (χ1v) is 5.55. The standard InChI is InChI=1S/C11H17N3/c1-7-9(13-14-10(7)12)11-5-3-2-4-8(11)6-11/h8H,2-6H2,1H3,(H3,12,13,14). The van der Waals surface area contributed by atoms with Crippen LogP contribution in [-0.2, 0) is 5.41 Å². The highest BCUT2D eigenvalue weighted by molar-refractivity contribution is 5.46. The molecule has 76 valence electrons. The van der Waals surface area contributed by atoms with Crippen molar-refractivity contribution in [3.8, 4) is 0 Å². The quantitative estimate of drug-likeness (QED) is 0.714. The summed E-state index contributed by atoms with van der Waals surface area (Å²) in [6, 6.07) is 0. The van der Waals surface area contributed by atoms with Gasteiger partial charge < -0.3 is 5.73 Å². The molecule has 0 radical (unpaired) electrons. The molecule has 0 spiro atoms. The minimum Gasteiger partial charge on any atom is -0.382 e. The molecule has 1 heterocycles. The van der Waals surface area contributed by atoms with Crippen molar-refractivity contribution in [2.45, 2.75) is 44.4 Å². The Bertz CT molecular complexity index is 369. The molecule has 0 aliphatic heterocycles. The van der Waals surface area contributed by atoms with E-state index in [-0.39, 0.29) is 0 Å². The monoisotopic (exact) mass is 191 g/mol. The molecule has 2 atom stereocenters. The van der Waals surface area contributed by atoms with Gasteiger partial charge in [0.2, 0.25) is 0 Å². The zero-order valence-corrected chi connectivity index (χ0v) is 8.64. The third-order valence-corrected chi connectivity index (χ3v) is 4.20. The van der Waals surface area contributed by atoms with Crippen molar-refractivity contribution < 1.29 is 0 Å². The Morgan fingerprint density at radius 3 is 3.00 bits per heavy atom. The van der Waals surface area contributed by atoms with Crippen LogP contribution in [0.15, 0.2) is 0 Å². The summed E-state index contributed by atoms with van der Waals surface area (Å²) in [6.07, 6.45) is 6.87. The van der Waals surface area contributed by atoms with E-state index in [1.165, 1.54) is 43.4 Å². The van der Waals surface area contributed by atoms with Crippen LogP contribution in [0.4, 0.5) is 5.82 Å². The normalized spacial score (nSPS) is 35.4. The summed E-state index contributed by atoms with van der Waals surface area (Å²) in [5, 5.41) is 7.27. The van der Waals surface area contributed by atoms with Gasteiger partial charge in [0.05, 0.1) is 0 Å². The molecule has 2 fully saturated rings. The molecule has 2 unspecified atom stereocenters. The maximum Gasteiger partial charge on any atom is 0.148 e. The van der Waals surface area contributed by atoms with Gasteiger partial charge in [0.25, 0.3) is 0 Å². The van der Waals surface area contributed by atoms with Gasteiger partial charge >= 0.3 is 0 Å². The minimum atomic E-state index is 0.451. The largest absolute Gasteiger partial charge is 0.382 e. The Labute approximate surface area is 84.1 Å². The van der Waals surface area contributed by atoms with Gasteiger partial charge in [-0.1, -0.05) is 12.8 Å². The Balaban J connectivity index is 1.99. The zero-order chi connectivity index (χ0) is 9.76. The Morgan fingerprint density at radius 1 is 1.50 bits per heavy atom. The molecule has 2 aliphatic rings. The molecule has 0 amide bonds. The van der Waals surface area contributed by atoms with Gasteiger partial charge in [0.15, 0.2) is 0 Å². The fraction of sp³-hybridized carbons (Fsp3) is 0.727. The summed E-state index contributed by atoms with van der Waals surface area (Å²) in [4.78, 5) is 0. The van der Waals surface area contributed by atoms with E-state index in [9.17, 15) is 0 Å². The van der Waals surface area contributed by atoms with Gasteiger partial charge in [0.1, 0.15) is 5.82 Å². The fourth-order valence-corrected chi connectivity index (χ4v) is 3.22. The summed E-state index contributed by atoms with van der Waals surface area (Å²) in [7, 11) is 0. The molecule has 0 aromatic carbocycles. The van der Waals surface area contributed by atoms with Gasteiger partial charge in [-0.25, -0.2) is 0 Å². The number of hydrogen-bond acceptors (Lipinski definition) is 2. The highest BCUT2D eigenvalue weighted by atomic mass is 15.2. The van der Waals surface area contributed by atoms with E-state index in [1.807, 2.05) is 0 Å². The molecular formula is C11H17N3. The van der Waals surface area contributed by atoms with Crippen LogP contribution in [0.3, 0.4) is 0 Å². The number of H-pyrrole nitrogens is 1. The fourth-order valence-electron chi connectivity index (χ4n) is 3.22. The van der Waals surface area contributed by atoms with Crippen molar-refractivity contribution in [2.75, 3.05) is 5.73 Å². The second-order valence-corrected chi connectivity index (χ2v) is 4.91. The van der Waals surface area contributed by atoms with Gasteiger partial charge in [-0.05, 0) is 32.1 Å². The van der Waals surface area contributed by atoms with Crippen molar-refractivity contribution in [1.29, 1.82) is 0 Å². The Hall–Kier alpha value is -0.990. The maximum absolute atomic E-state index is 5.78. The molecule has 1 aromatic heterocycles. The summed E-state index contributed by atoms with van der Waals surface area (Å²) < 4.78 is 0. The molecule has 0 bridgehead atoms. The molecule has 3 rings (SSSR count). The molecule has 3 heteroatoms. The molecular weight excluding hydrogens is 174 g/mol. The average Bonchev–Trinajstić information content (AvgIpc) is 2.84. The van der Waals surface area contributed by atoms with Crippen molar-refractivity contribution in [1.82, 2.24) is 10.2 Å². The predicted octanol–water partition coefficient (Wildman–Crippen LogP) is 2.13. The third kappa shape index (κ3) is 0.900. The molecule has 2 saturated carbocycles. The van der Waals surface area contributed by atoms with Gasteiger partial charge in [-0.15, -0.1) is 0 Å². The van der Waals surface area contributed by atoms with Gasteiger partial charge in [-0.3, -0.25) is 5.10 Å². The number of fused-ring (bicyclic) bond motifs is 1. The van der Waals surface area contributed by atoms with Crippen molar-refractivity contribution >= 4 is 5.82 Å². The van der Waals surface area contributed by atoms with Crippen LogP contribution in [0, 0.1) is 12.8 Å². The van der Waals surface area contributed by atoms with Crippen LogP contribution in [0.1, 0.15) is 43.4 Å². The first-order valence-electron chi connectivity index (χ1n) is 5.55. The summed E-state index contributed by atoms with van der Waals surface area (Å²) in [6.45, 7) is 2.09. The van der Waals surface area contributed by atoms with Crippen LogP contribution in [0.2, 0.25) is 0 Å². The maximum atomic E-state index is 5.78. The lowest BCUT2D eigenvalue weighted by Gasteiger charge is -2.21. The lowest BCUT2D eigenvalue weighted by molar-refractivity contribution is 0.419. The van der Waals surface area contributed by atoms with Gasteiger partial charge in [-0.2, -0.15) is 5.10 Å². The van der Waals surface area contributed by atoms with E-state index >= 15 is 0 Å². The van der Waals surface area contributed by atoms with Crippen LogP contribution in [0.25, 0.3) is 0 Å². The number of hydrogen-bond donors (Lipinski definition) is 2. The molecule has 3 N–H and O–H groups in total. The molecule has 2 aliphatic carbocycles. The number of nitrogen functional groups attached to an aromatic ring is 1. The Kier molecular flexibility index (Phi) is 1.50. The van der Waals surface area contributed by atoms with Crippen LogP contribution >= 0.6 is 0 Å². The second kappa shape index (κ2) is 2.53. The lowest BCUT2D eigenvalue weighted by atomic mass is 9.84. The highest BCUT2D eigenvalue weighted by Crippen LogP contribution is 2.62. The van der Waals surface area contributed by atoms with Crippen molar-refractivity contribution in [3.05, 3.63) is 11.3 Å². The van der Waals surface area contributed by atoms with Crippen LogP contribution in [-0.4, -0.2) is 10.2 Å². The smallest absolute Gasteiger partial charge is 0.148 e. The molecule has 0 saturated heterocycles. The third-order valence-electron chi connectivity index (χ3n) is 4.20. The zero-order valence-electron chi connectivity index (χ0n) is 8.64. The molecule has 14 heavy (non-hydrogen) atoms. The first kappa shape index (κ1) is 8.33. The molecule has 1 aromatic rings. The number of anilines is 1. The SMILES string of the molecule is Cc1c(N)n[nH]c1C12CCCCC1C2. The van der Waals surface area contributed by atoms with Crippen LogP contribution in [0.5, 0.6) is 0 Å². The van der Waals surface area contributed by atoms with E-state index in [1.54, 1.807) is 0 Å². The van der Waals surface area contributed by atoms with E-state index in [2.05, 4.69) is 17.1 Å². The average molecular weight is 191 g/mol. The van der Waals surface area contributed by atoms with E-state index in [4.69, 9.17) is 5.73 Å². The van der Waals surface area contributed by atoms with Crippen LogP contribution < -0.4 is 5.73 Å².